The molecular formula is C27H31N3. The molecule has 0 aliphatic carbocycles. The third-order valence-corrected chi connectivity index (χ3v) is 5.96. The van der Waals surface area contributed by atoms with Gasteiger partial charge in [0.05, 0.1) is 0 Å². The lowest BCUT2D eigenvalue weighted by molar-refractivity contribution is 0.295. The summed E-state index contributed by atoms with van der Waals surface area (Å²) in [5, 5.41) is 1.40. The second-order valence-electron chi connectivity index (χ2n) is 8.17. The van der Waals surface area contributed by atoms with Gasteiger partial charge in [0, 0.05) is 36.2 Å². The standard InChI is InChI=1S/C27H31N3/c1-3-4-9-23(17-28)18-29-15-8-12-26-25(20-29)24-16-21(2)13-14-27(24)30(26)19-22-10-6-5-7-11-22/h3-7,9-11,13-14,16-17H,1,8,12,15,18-20,28H2,2H3/b9-4-,23-17+. The Morgan fingerprint density at radius 1 is 1.17 bits per heavy atom. The topological polar surface area (TPSA) is 34.2 Å². The molecule has 0 saturated heterocycles. The van der Waals surface area contributed by atoms with Gasteiger partial charge in [0.25, 0.3) is 0 Å². The van der Waals surface area contributed by atoms with Crippen LogP contribution < -0.4 is 5.73 Å². The lowest BCUT2D eigenvalue weighted by Crippen LogP contribution is -2.25. The highest BCUT2D eigenvalue weighted by Crippen LogP contribution is 2.32. The summed E-state index contributed by atoms with van der Waals surface area (Å²) in [5.74, 6) is 0. The van der Waals surface area contributed by atoms with Crippen LogP contribution in [0.4, 0.5) is 0 Å². The summed E-state index contributed by atoms with van der Waals surface area (Å²) >= 11 is 0. The van der Waals surface area contributed by atoms with Gasteiger partial charge in [-0.1, -0.05) is 66.8 Å². The molecule has 0 unspecified atom stereocenters. The molecule has 0 radical (unpaired) electrons. The molecule has 2 heterocycles. The van der Waals surface area contributed by atoms with E-state index in [4.69, 9.17) is 5.73 Å². The van der Waals surface area contributed by atoms with Crippen molar-refractivity contribution in [3.8, 4) is 0 Å². The maximum atomic E-state index is 5.89. The number of allylic oxidation sites excluding steroid dienone is 2. The Hall–Kier alpha value is -3.04. The molecule has 3 nitrogen and oxygen atoms in total. The van der Waals surface area contributed by atoms with Crippen LogP contribution in [0.1, 0.15) is 28.8 Å². The largest absolute Gasteiger partial charge is 0.404 e. The monoisotopic (exact) mass is 397 g/mol. The van der Waals surface area contributed by atoms with Crippen molar-refractivity contribution in [1.82, 2.24) is 9.47 Å². The fraction of sp³-hybridized carbons (Fsp3) is 0.259. The molecule has 0 fully saturated rings. The molecule has 0 spiro atoms. The van der Waals surface area contributed by atoms with Gasteiger partial charge < -0.3 is 10.3 Å². The quantitative estimate of drug-likeness (QED) is 0.570. The Morgan fingerprint density at radius 2 is 2.00 bits per heavy atom. The molecular weight excluding hydrogens is 366 g/mol. The Bertz CT molecular complexity index is 1090. The summed E-state index contributed by atoms with van der Waals surface area (Å²) in [6.45, 7) is 9.76. The van der Waals surface area contributed by atoms with Gasteiger partial charge in [-0.05, 0) is 61.3 Å². The van der Waals surface area contributed by atoms with Gasteiger partial charge in [0.1, 0.15) is 0 Å². The van der Waals surface area contributed by atoms with Crippen LogP contribution in [0.15, 0.2) is 85.1 Å². The molecule has 2 aromatic carbocycles. The summed E-state index contributed by atoms with van der Waals surface area (Å²) in [4.78, 5) is 2.52. The van der Waals surface area contributed by atoms with E-state index in [9.17, 15) is 0 Å². The van der Waals surface area contributed by atoms with Gasteiger partial charge in [-0.15, -0.1) is 0 Å². The minimum atomic E-state index is 0.859. The van der Waals surface area contributed by atoms with Gasteiger partial charge in [-0.3, -0.25) is 4.90 Å². The van der Waals surface area contributed by atoms with Crippen LogP contribution in [0.25, 0.3) is 10.9 Å². The molecule has 1 aromatic heterocycles. The van der Waals surface area contributed by atoms with Crippen LogP contribution in [0.5, 0.6) is 0 Å². The fourth-order valence-corrected chi connectivity index (χ4v) is 4.52. The first-order chi connectivity index (χ1) is 14.7. The predicted octanol–water partition coefficient (Wildman–Crippen LogP) is 5.33. The SMILES string of the molecule is C=C/C=C\C(=C/N)CN1CCCc2c(c3cc(C)ccc3n2Cc2ccccc2)C1. The van der Waals surface area contributed by atoms with Crippen molar-refractivity contribution in [3.63, 3.8) is 0 Å². The zero-order valence-corrected chi connectivity index (χ0v) is 17.8. The summed E-state index contributed by atoms with van der Waals surface area (Å²) in [6.07, 6.45) is 9.79. The highest BCUT2D eigenvalue weighted by atomic mass is 15.1. The molecule has 3 aromatic rings. The number of benzene rings is 2. The fourth-order valence-electron chi connectivity index (χ4n) is 4.52. The number of fused-ring (bicyclic) bond motifs is 3. The van der Waals surface area contributed by atoms with Crippen LogP contribution >= 0.6 is 0 Å². The number of aromatic nitrogens is 1. The molecule has 154 valence electrons. The van der Waals surface area contributed by atoms with Crippen molar-refractivity contribution in [2.24, 2.45) is 5.73 Å². The Kier molecular flexibility index (Phi) is 6.20. The van der Waals surface area contributed by atoms with E-state index < -0.39 is 0 Å². The van der Waals surface area contributed by atoms with Crippen molar-refractivity contribution in [2.75, 3.05) is 13.1 Å². The molecule has 4 rings (SSSR count). The highest BCUT2D eigenvalue weighted by Gasteiger charge is 2.22. The van der Waals surface area contributed by atoms with Crippen LogP contribution in [-0.2, 0) is 19.5 Å². The average Bonchev–Trinajstić information content (AvgIpc) is 2.90. The van der Waals surface area contributed by atoms with Crippen molar-refractivity contribution in [2.45, 2.75) is 32.9 Å². The van der Waals surface area contributed by atoms with E-state index in [1.54, 1.807) is 12.3 Å². The summed E-state index contributed by atoms with van der Waals surface area (Å²) in [7, 11) is 0. The third kappa shape index (κ3) is 4.27. The molecule has 1 aliphatic heterocycles. The number of rotatable bonds is 6. The van der Waals surface area contributed by atoms with Crippen molar-refractivity contribution in [3.05, 3.63) is 107 Å². The zero-order chi connectivity index (χ0) is 20.9. The van der Waals surface area contributed by atoms with E-state index in [0.29, 0.717) is 0 Å². The van der Waals surface area contributed by atoms with Gasteiger partial charge >= 0.3 is 0 Å². The maximum absolute atomic E-state index is 5.89. The Morgan fingerprint density at radius 3 is 2.77 bits per heavy atom. The van der Waals surface area contributed by atoms with E-state index in [2.05, 4.69) is 77.6 Å². The first kappa shape index (κ1) is 20.2. The zero-order valence-electron chi connectivity index (χ0n) is 17.8. The lowest BCUT2D eigenvalue weighted by Gasteiger charge is -2.20. The highest BCUT2D eigenvalue weighted by molar-refractivity contribution is 5.86. The van der Waals surface area contributed by atoms with Crippen molar-refractivity contribution >= 4 is 10.9 Å². The van der Waals surface area contributed by atoms with Crippen LogP contribution in [0, 0.1) is 6.92 Å². The maximum Gasteiger partial charge on any atom is 0.0489 e. The van der Waals surface area contributed by atoms with Crippen molar-refractivity contribution < 1.29 is 0 Å². The second-order valence-corrected chi connectivity index (χ2v) is 8.17. The first-order valence-corrected chi connectivity index (χ1v) is 10.8. The molecule has 0 atom stereocenters. The molecule has 30 heavy (non-hydrogen) atoms. The molecule has 1 aliphatic rings. The normalized spacial score (nSPS) is 15.4. The van der Waals surface area contributed by atoms with E-state index in [1.807, 2.05) is 6.08 Å². The third-order valence-electron chi connectivity index (χ3n) is 5.96. The lowest BCUT2D eigenvalue weighted by atomic mass is 10.1. The minimum absolute atomic E-state index is 0.859. The number of nitrogens with zero attached hydrogens (tertiary/aromatic N) is 2. The van der Waals surface area contributed by atoms with Gasteiger partial charge in [0.15, 0.2) is 0 Å². The predicted molar refractivity (Wildman–Crippen MR) is 127 cm³/mol. The molecule has 3 heteroatoms. The molecule has 0 bridgehead atoms. The van der Waals surface area contributed by atoms with Crippen LogP contribution in [0.2, 0.25) is 0 Å². The van der Waals surface area contributed by atoms with Crippen molar-refractivity contribution in [1.29, 1.82) is 0 Å². The van der Waals surface area contributed by atoms with Gasteiger partial charge in [-0.2, -0.15) is 0 Å². The first-order valence-electron chi connectivity index (χ1n) is 10.8. The molecule has 0 saturated carbocycles. The summed E-state index contributed by atoms with van der Waals surface area (Å²) < 4.78 is 2.54. The van der Waals surface area contributed by atoms with E-state index >= 15 is 0 Å². The molecule has 0 amide bonds. The molecule has 2 N–H and O–H groups in total. The minimum Gasteiger partial charge on any atom is -0.404 e. The summed E-state index contributed by atoms with van der Waals surface area (Å²) in [6, 6.07) is 17.7. The van der Waals surface area contributed by atoms with E-state index in [-0.39, 0.29) is 0 Å². The number of aryl methyl sites for hydroxylation is 1. The van der Waals surface area contributed by atoms with Crippen LogP contribution in [0.3, 0.4) is 0 Å². The summed E-state index contributed by atoms with van der Waals surface area (Å²) in [5.41, 5.74) is 14.0. The Balaban J connectivity index is 1.72. The van der Waals surface area contributed by atoms with Gasteiger partial charge in [-0.25, -0.2) is 0 Å². The number of hydrogen-bond donors (Lipinski definition) is 1. The second kappa shape index (κ2) is 9.19. The van der Waals surface area contributed by atoms with Gasteiger partial charge in [0.2, 0.25) is 0 Å². The van der Waals surface area contributed by atoms with Crippen LogP contribution in [-0.4, -0.2) is 22.6 Å². The smallest absolute Gasteiger partial charge is 0.0489 e. The van der Waals surface area contributed by atoms with E-state index in [0.717, 1.165) is 44.6 Å². The number of nitrogens with two attached hydrogens (primary N) is 1. The van der Waals surface area contributed by atoms with E-state index in [1.165, 1.54) is 33.3 Å². The Labute approximate surface area is 179 Å². The average molecular weight is 398 g/mol. The number of hydrogen-bond acceptors (Lipinski definition) is 2.